The van der Waals surface area contributed by atoms with Crippen molar-refractivity contribution in [1.82, 2.24) is 10.1 Å². The summed E-state index contributed by atoms with van der Waals surface area (Å²) in [6, 6.07) is 21.1. The Bertz CT molecular complexity index is 1370. The minimum absolute atomic E-state index is 0.0164. The van der Waals surface area contributed by atoms with Gasteiger partial charge >= 0.3 is 5.97 Å². The Labute approximate surface area is 177 Å². The van der Waals surface area contributed by atoms with Crippen LogP contribution in [0.3, 0.4) is 0 Å². The zero-order valence-corrected chi connectivity index (χ0v) is 16.7. The van der Waals surface area contributed by atoms with Crippen molar-refractivity contribution in [2.45, 2.75) is 13.0 Å². The first kappa shape index (κ1) is 18.9. The molecule has 0 spiro atoms. The number of furan rings is 1. The van der Waals surface area contributed by atoms with Crippen LogP contribution < -0.4 is 4.74 Å². The van der Waals surface area contributed by atoms with E-state index in [0.29, 0.717) is 11.6 Å². The molecule has 0 N–H and O–H groups in total. The van der Waals surface area contributed by atoms with Crippen LogP contribution in [0.2, 0.25) is 0 Å². The quantitative estimate of drug-likeness (QED) is 0.364. The minimum atomic E-state index is -0.437. The predicted molar refractivity (Wildman–Crippen MR) is 114 cm³/mol. The monoisotopic (exact) mass is 414 g/mol. The third-order valence-corrected chi connectivity index (χ3v) is 4.97. The van der Waals surface area contributed by atoms with Gasteiger partial charge in [-0.1, -0.05) is 35.5 Å². The summed E-state index contributed by atoms with van der Waals surface area (Å²) in [6.07, 6.45) is 0.0164. The molecule has 5 rings (SSSR count). The molecular formula is C24H18N2O5. The van der Waals surface area contributed by atoms with Crippen LogP contribution >= 0.6 is 0 Å². The number of carbonyl (C=O) groups excluding carboxylic acids is 1. The number of hydrogen-bond donors (Lipinski definition) is 0. The highest BCUT2D eigenvalue weighted by molar-refractivity contribution is 6.06. The number of hydrogen-bond acceptors (Lipinski definition) is 7. The van der Waals surface area contributed by atoms with Crippen LogP contribution in [0, 0.1) is 0 Å². The molecule has 5 aromatic rings. The summed E-state index contributed by atoms with van der Waals surface area (Å²) in [5.41, 5.74) is 1.51. The van der Waals surface area contributed by atoms with Crippen LogP contribution in [0.1, 0.15) is 11.7 Å². The van der Waals surface area contributed by atoms with Crippen LogP contribution in [0.5, 0.6) is 5.75 Å². The van der Waals surface area contributed by atoms with Crippen LogP contribution in [0.4, 0.5) is 0 Å². The fourth-order valence-electron chi connectivity index (χ4n) is 3.44. The van der Waals surface area contributed by atoms with E-state index < -0.39 is 5.97 Å². The van der Waals surface area contributed by atoms with E-state index in [1.165, 1.54) is 0 Å². The molecule has 0 aliphatic rings. The van der Waals surface area contributed by atoms with Gasteiger partial charge in [0.05, 0.1) is 7.11 Å². The molecule has 2 aromatic heterocycles. The van der Waals surface area contributed by atoms with E-state index in [4.69, 9.17) is 18.4 Å². The van der Waals surface area contributed by atoms with Gasteiger partial charge in [-0.3, -0.25) is 4.79 Å². The Balaban J connectivity index is 1.24. The Kier molecular flexibility index (Phi) is 4.84. The van der Waals surface area contributed by atoms with E-state index >= 15 is 0 Å². The Morgan fingerprint density at radius 1 is 1.00 bits per heavy atom. The van der Waals surface area contributed by atoms with Gasteiger partial charge in [0.25, 0.3) is 5.89 Å². The number of aromatic nitrogens is 2. The van der Waals surface area contributed by atoms with Crippen molar-refractivity contribution >= 4 is 27.7 Å². The summed E-state index contributed by atoms with van der Waals surface area (Å²) >= 11 is 0. The van der Waals surface area contributed by atoms with Crippen molar-refractivity contribution in [3.8, 4) is 17.1 Å². The van der Waals surface area contributed by atoms with Crippen LogP contribution in [0.25, 0.3) is 33.1 Å². The molecule has 0 radical (unpaired) electrons. The number of ether oxygens (including phenoxy) is 2. The van der Waals surface area contributed by atoms with E-state index in [2.05, 4.69) is 10.1 Å². The van der Waals surface area contributed by atoms with Crippen LogP contribution in [-0.4, -0.2) is 23.2 Å². The van der Waals surface area contributed by atoms with Crippen molar-refractivity contribution in [3.63, 3.8) is 0 Å². The van der Waals surface area contributed by atoms with Crippen molar-refractivity contribution in [2.75, 3.05) is 7.11 Å². The number of carbonyl (C=O) groups is 1. The zero-order chi connectivity index (χ0) is 21.2. The number of esters is 1. The first-order valence-electron chi connectivity index (χ1n) is 9.72. The number of nitrogens with zero attached hydrogens (tertiary/aromatic N) is 2. The first-order valence-corrected chi connectivity index (χ1v) is 9.72. The van der Waals surface area contributed by atoms with Gasteiger partial charge in [0.1, 0.15) is 23.5 Å². The second-order valence-electron chi connectivity index (χ2n) is 6.99. The normalized spacial score (nSPS) is 11.1. The van der Waals surface area contributed by atoms with Gasteiger partial charge in [-0.25, -0.2) is 0 Å². The van der Waals surface area contributed by atoms with E-state index in [1.54, 1.807) is 7.11 Å². The highest BCUT2D eigenvalue weighted by Crippen LogP contribution is 2.28. The predicted octanol–water partition coefficient (Wildman–Crippen LogP) is 4.93. The second kappa shape index (κ2) is 7.95. The molecule has 0 saturated heterocycles. The fraction of sp³-hybridized carbons (Fsp3) is 0.125. The average Bonchev–Trinajstić information content (AvgIpc) is 3.44. The molecule has 0 saturated carbocycles. The highest BCUT2D eigenvalue weighted by Gasteiger charge is 2.15. The summed E-state index contributed by atoms with van der Waals surface area (Å²) in [5.74, 6) is 1.47. The third-order valence-electron chi connectivity index (χ3n) is 4.97. The molecule has 0 fully saturated rings. The largest absolute Gasteiger partial charge is 0.497 e. The summed E-state index contributed by atoms with van der Waals surface area (Å²) < 4.78 is 21.4. The highest BCUT2D eigenvalue weighted by atomic mass is 16.6. The molecular weight excluding hydrogens is 396 g/mol. The molecule has 0 atom stereocenters. The van der Waals surface area contributed by atoms with Gasteiger partial charge in [0.2, 0.25) is 5.82 Å². The maximum atomic E-state index is 12.3. The lowest BCUT2D eigenvalue weighted by atomic mass is 10.1. The Morgan fingerprint density at radius 2 is 1.84 bits per heavy atom. The summed E-state index contributed by atoms with van der Waals surface area (Å²) in [5, 5.41) is 7.10. The lowest BCUT2D eigenvalue weighted by Crippen LogP contribution is -2.07. The van der Waals surface area contributed by atoms with E-state index in [0.717, 1.165) is 33.1 Å². The van der Waals surface area contributed by atoms with Gasteiger partial charge < -0.3 is 18.4 Å². The molecule has 0 bridgehead atoms. The van der Waals surface area contributed by atoms with Crippen molar-refractivity contribution in [2.24, 2.45) is 0 Å². The number of methoxy groups -OCH3 is 1. The lowest BCUT2D eigenvalue weighted by Gasteiger charge is -2.00. The molecule has 31 heavy (non-hydrogen) atoms. The number of rotatable bonds is 6. The van der Waals surface area contributed by atoms with E-state index in [9.17, 15) is 4.79 Å². The van der Waals surface area contributed by atoms with Gasteiger partial charge in [-0.2, -0.15) is 4.98 Å². The summed E-state index contributed by atoms with van der Waals surface area (Å²) in [6.45, 7) is -0.106. The SMILES string of the molecule is COc1ccc(-c2noc(COC(=O)Cc3cc4c(ccc5ccccc54)o3)n2)cc1. The minimum Gasteiger partial charge on any atom is -0.497 e. The summed E-state index contributed by atoms with van der Waals surface area (Å²) in [7, 11) is 1.60. The van der Waals surface area contributed by atoms with Gasteiger partial charge in [-0.05, 0) is 47.2 Å². The zero-order valence-electron chi connectivity index (χ0n) is 16.7. The number of fused-ring (bicyclic) bond motifs is 3. The average molecular weight is 414 g/mol. The van der Waals surface area contributed by atoms with Gasteiger partial charge in [0.15, 0.2) is 6.61 Å². The maximum Gasteiger partial charge on any atom is 0.313 e. The van der Waals surface area contributed by atoms with Gasteiger partial charge in [-0.15, -0.1) is 0 Å². The molecule has 3 aromatic carbocycles. The Hall–Kier alpha value is -4.13. The topological polar surface area (TPSA) is 87.6 Å². The fourth-order valence-corrected chi connectivity index (χ4v) is 3.44. The molecule has 2 heterocycles. The molecule has 0 aliphatic heterocycles. The standard InChI is InChI=1S/C24H18N2O5/c1-28-17-9-6-16(7-10-17)24-25-22(31-26-24)14-29-23(27)13-18-12-20-19-5-3-2-4-15(19)8-11-21(20)30-18/h2-12H,13-14H2,1H3. The number of benzene rings is 3. The molecule has 0 amide bonds. The van der Waals surface area contributed by atoms with Crippen LogP contribution in [-0.2, 0) is 22.6 Å². The third kappa shape index (κ3) is 3.85. The molecule has 154 valence electrons. The molecule has 7 heteroatoms. The smallest absolute Gasteiger partial charge is 0.313 e. The molecule has 7 nitrogen and oxygen atoms in total. The van der Waals surface area contributed by atoms with Crippen molar-refractivity contribution in [1.29, 1.82) is 0 Å². The lowest BCUT2D eigenvalue weighted by molar-refractivity contribution is -0.145. The van der Waals surface area contributed by atoms with E-state index in [1.807, 2.05) is 66.7 Å². The van der Waals surface area contributed by atoms with E-state index in [-0.39, 0.29) is 18.9 Å². The summed E-state index contributed by atoms with van der Waals surface area (Å²) in [4.78, 5) is 16.6. The van der Waals surface area contributed by atoms with Crippen molar-refractivity contribution < 1.29 is 23.2 Å². The van der Waals surface area contributed by atoms with Crippen LogP contribution in [0.15, 0.2) is 75.7 Å². The Morgan fingerprint density at radius 3 is 2.68 bits per heavy atom. The first-order chi connectivity index (χ1) is 15.2. The maximum absolute atomic E-state index is 12.3. The van der Waals surface area contributed by atoms with Crippen molar-refractivity contribution in [3.05, 3.63) is 78.4 Å². The molecule has 0 unspecified atom stereocenters. The van der Waals surface area contributed by atoms with Gasteiger partial charge in [0, 0.05) is 10.9 Å². The second-order valence-corrected chi connectivity index (χ2v) is 6.99. The molecule has 0 aliphatic carbocycles.